The van der Waals surface area contributed by atoms with E-state index in [1.54, 1.807) is 7.11 Å². The van der Waals surface area contributed by atoms with Crippen LogP contribution in [0.25, 0.3) is 10.9 Å². The average Bonchev–Trinajstić information content (AvgIpc) is 2.37. The van der Waals surface area contributed by atoms with Crippen molar-refractivity contribution in [3.05, 3.63) is 16.6 Å². The summed E-state index contributed by atoms with van der Waals surface area (Å²) in [5, 5.41) is 12.7. The Bertz CT molecular complexity index is 586. The van der Waals surface area contributed by atoms with Gasteiger partial charge in [-0.25, -0.2) is 4.98 Å². The Morgan fingerprint density at radius 2 is 2.21 bits per heavy atom. The number of methoxy groups -OCH3 is 1. The Morgan fingerprint density at radius 3 is 2.89 bits per heavy atom. The standard InChI is InChI=1S/C12H15BrN4O2/c1-19-9-6-7(13)5-8-10(9)11(15-3-2-4-18)17-12(14)16-8/h5-6,18H,2-4H2,1H3,(H3,14,15,16,17). The lowest BCUT2D eigenvalue weighted by Gasteiger charge is -2.12. The molecule has 0 bridgehead atoms. The van der Waals surface area contributed by atoms with Crippen LogP contribution < -0.4 is 15.8 Å². The van der Waals surface area contributed by atoms with Crippen LogP contribution in [0.4, 0.5) is 11.8 Å². The van der Waals surface area contributed by atoms with Crippen molar-refractivity contribution in [2.75, 3.05) is 31.3 Å². The lowest BCUT2D eigenvalue weighted by molar-refractivity contribution is 0.292. The van der Waals surface area contributed by atoms with Crippen molar-refractivity contribution < 1.29 is 9.84 Å². The van der Waals surface area contributed by atoms with Crippen LogP contribution in [-0.2, 0) is 0 Å². The number of rotatable bonds is 5. The van der Waals surface area contributed by atoms with Gasteiger partial charge < -0.3 is 20.9 Å². The molecule has 0 atom stereocenters. The number of nitrogens with one attached hydrogen (secondary N) is 1. The van der Waals surface area contributed by atoms with Crippen molar-refractivity contribution in [3.63, 3.8) is 0 Å². The summed E-state index contributed by atoms with van der Waals surface area (Å²) >= 11 is 3.40. The van der Waals surface area contributed by atoms with E-state index >= 15 is 0 Å². The molecule has 6 nitrogen and oxygen atoms in total. The number of hydrogen-bond donors (Lipinski definition) is 3. The van der Waals surface area contributed by atoms with Gasteiger partial charge in [-0.05, 0) is 18.6 Å². The molecular formula is C12H15BrN4O2. The Hall–Kier alpha value is -1.60. The molecule has 19 heavy (non-hydrogen) atoms. The van der Waals surface area contributed by atoms with Gasteiger partial charge >= 0.3 is 0 Å². The second kappa shape index (κ2) is 6.03. The molecule has 0 radical (unpaired) electrons. The number of anilines is 2. The molecule has 0 saturated carbocycles. The highest BCUT2D eigenvalue weighted by atomic mass is 79.9. The van der Waals surface area contributed by atoms with Crippen molar-refractivity contribution in [1.82, 2.24) is 9.97 Å². The quantitative estimate of drug-likeness (QED) is 0.725. The molecule has 102 valence electrons. The fourth-order valence-electron chi connectivity index (χ4n) is 1.79. The molecule has 0 aliphatic heterocycles. The van der Waals surface area contributed by atoms with Crippen molar-refractivity contribution in [2.24, 2.45) is 0 Å². The van der Waals surface area contributed by atoms with Crippen molar-refractivity contribution in [3.8, 4) is 5.75 Å². The maximum atomic E-state index is 8.82. The van der Waals surface area contributed by atoms with E-state index in [0.717, 1.165) is 9.86 Å². The maximum absolute atomic E-state index is 8.82. The molecule has 2 rings (SSSR count). The number of benzene rings is 1. The van der Waals surface area contributed by atoms with Crippen LogP contribution in [0, 0.1) is 0 Å². The summed E-state index contributed by atoms with van der Waals surface area (Å²) in [5.74, 6) is 1.47. The number of aliphatic hydroxyl groups excluding tert-OH is 1. The molecule has 0 aliphatic carbocycles. The van der Waals surface area contributed by atoms with E-state index < -0.39 is 0 Å². The molecule has 0 amide bonds. The Labute approximate surface area is 119 Å². The highest BCUT2D eigenvalue weighted by Crippen LogP contribution is 2.33. The van der Waals surface area contributed by atoms with Gasteiger partial charge in [-0.1, -0.05) is 15.9 Å². The predicted octanol–water partition coefficient (Wildman–Crippen LogP) is 1.78. The van der Waals surface area contributed by atoms with Gasteiger partial charge in [0.15, 0.2) is 0 Å². The van der Waals surface area contributed by atoms with Crippen LogP contribution in [0.5, 0.6) is 5.75 Å². The van der Waals surface area contributed by atoms with Gasteiger partial charge in [0, 0.05) is 17.6 Å². The van der Waals surface area contributed by atoms with Crippen molar-refractivity contribution in [1.29, 1.82) is 0 Å². The number of fused-ring (bicyclic) bond motifs is 1. The predicted molar refractivity (Wildman–Crippen MR) is 78.4 cm³/mol. The highest BCUT2D eigenvalue weighted by molar-refractivity contribution is 9.10. The summed E-state index contributed by atoms with van der Waals surface area (Å²) in [6, 6.07) is 3.70. The molecule has 0 aliphatic rings. The number of nitrogens with zero attached hydrogens (tertiary/aromatic N) is 2. The lowest BCUT2D eigenvalue weighted by Crippen LogP contribution is -2.08. The van der Waals surface area contributed by atoms with Gasteiger partial charge in [-0.3, -0.25) is 0 Å². The van der Waals surface area contributed by atoms with Crippen molar-refractivity contribution in [2.45, 2.75) is 6.42 Å². The first-order chi connectivity index (χ1) is 9.15. The fraction of sp³-hybridized carbons (Fsp3) is 0.333. The molecule has 2 aromatic rings. The normalized spacial score (nSPS) is 10.7. The van der Waals surface area contributed by atoms with Crippen LogP contribution in [0.1, 0.15) is 6.42 Å². The molecule has 0 saturated heterocycles. The number of aliphatic hydroxyl groups is 1. The summed E-state index contributed by atoms with van der Waals surface area (Å²) in [5.41, 5.74) is 6.40. The number of ether oxygens (including phenoxy) is 1. The minimum Gasteiger partial charge on any atom is -0.496 e. The number of halogens is 1. The molecule has 1 aromatic heterocycles. The molecular weight excluding hydrogens is 312 g/mol. The number of nitrogens with two attached hydrogens (primary N) is 1. The zero-order chi connectivity index (χ0) is 13.8. The highest BCUT2D eigenvalue weighted by Gasteiger charge is 2.12. The van der Waals surface area contributed by atoms with Gasteiger partial charge in [0.05, 0.1) is 18.0 Å². The van der Waals surface area contributed by atoms with Gasteiger partial charge in [0.25, 0.3) is 0 Å². The third-order valence-corrected chi connectivity index (χ3v) is 3.05. The van der Waals surface area contributed by atoms with Crippen LogP contribution in [-0.4, -0.2) is 35.3 Å². The molecule has 1 aromatic carbocycles. The molecule has 7 heteroatoms. The van der Waals surface area contributed by atoms with Crippen LogP contribution in [0.15, 0.2) is 16.6 Å². The summed E-state index contributed by atoms with van der Waals surface area (Å²) in [7, 11) is 1.59. The summed E-state index contributed by atoms with van der Waals surface area (Å²) in [4.78, 5) is 8.39. The first-order valence-corrected chi connectivity index (χ1v) is 6.60. The summed E-state index contributed by atoms with van der Waals surface area (Å²) in [6.45, 7) is 0.718. The zero-order valence-corrected chi connectivity index (χ0v) is 12.1. The smallest absolute Gasteiger partial charge is 0.222 e. The molecule has 4 N–H and O–H groups in total. The second-order valence-electron chi connectivity index (χ2n) is 3.94. The lowest BCUT2D eigenvalue weighted by atomic mass is 10.2. The van der Waals surface area contributed by atoms with E-state index in [-0.39, 0.29) is 12.6 Å². The average molecular weight is 327 g/mol. The number of aromatic nitrogens is 2. The van der Waals surface area contributed by atoms with E-state index in [9.17, 15) is 0 Å². The van der Waals surface area contributed by atoms with E-state index in [1.165, 1.54) is 0 Å². The molecule has 0 unspecified atom stereocenters. The van der Waals surface area contributed by atoms with Gasteiger partial charge in [0.2, 0.25) is 5.95 Å². The topological polar surface area (TPSA) is 93.3 Å². The third kappa shape index (κ3) is 3.05. The molecule has 0 spiro atoms. The van der Waals surface area contributed by atoms with Gasteiger partial charge in [0.1, 0.15) is 11.6 Å². The maximum Gasteiger partial charge on any atom is 0.222 e. The van der Waals surface area contributed by atoms with E-state index in [0.29, 0.717) is 30.0 Å². The van der Waals surface area contributed by atoms with Crippen LogP contribution >= 0.6 is 15.9 Å². The van der Waals surface area contributed by atoms with Crippen LogP contribution in [0.3, 0.4) is 0 Å². The first kappa shape index (κ1) is 13.8. The summed E-state index contributed by atoms with van der Waals surface area (Å²) in [6.07, 6.45) is 0.629. The van der Waals surface area contributed by atoms with Crippen molar-refractivity contribution >= 4 is 38.6 Å². The minimum atomic E-state index is 0.119. The van der Waals surface area contributed by atoms with E-state index in [2.05, 4.69) is 31.2 Å². The second-order valence-corrected chi connectivity index (χ2v) is 4.85. The number of hydrogen-bond acceptors (Lipinski definition) is 6. The largest absolute Gasteiger partial charge is 0.496 e. The van der Waals surface area contributed by atoms with Crippen LogP contribution in [0.2, 0.25) is 0 Å². The SMILES string of the molecule is COc1cc(Br)cc2nc(N)nc(NCCCO)c12. The Morgan fingerprint density at radius 1 is 1.42 bits per heavy atom. The molecule has 0 fully saturated rings. The first-order valence-electron chi connectivity index (χ1n) is 5.81. The third-order valence-electron chi connectivity index (χ3n) is 2.59. The minimum absolute atomic E-state index is 0.119. The van der Waals surface area contributed by atoms with E-state index in [1.807, 2.05) is 12.1 Å². The molecule has 1 heterocycles. The Balaban J connectivity index is 2.54. The number of nitrogen functional groups attached to an aromatic ring is 1. The zero-order valence-electron chi connectivity index (χ0n) is 10.5. The Kier molecular flexibility index (Phi) is 4.39. The van der Waals surface area contributed by atoms with Gasteiger partial charge in [-0.15, -0.1) is 0 Å². The monoisotopic (exact) mass is 326 g/mol. The summed E-state index contributed by atoms with van der Waals surface area (Å²) < 4.78 is 6.21. The van der Waals surface area contributed by atoms with Gasteiger partial charge in [-0.2, -0.15) is 4.98 Å². The van der Waals surface area contributed by atoms with E-state index in [4.69, 9.17) is 15.6 Å². The fourth-order valence-corrected chi connectivity index (χ4v) is 2.21.